The quantitative estimate of drug-likeness (QED) is 0.587. The second kappa shape index (κ2) is 3.69. The molecule has 1 aliphatic rings. The standard InChI is InChI=1S/C7H13NO3/c1-11-5-2-3-8-6(4-5)7(9)10/h5-6,8H,2-4H2,1H3,(H,9,10)/t5-,6-/m0/s1. The van der Waals surface area contributed by atoms with Gasteiger partial charge in [-0.25, -0.2) is 0 Å². The topological polar surface area (TPSA) is 58.6 Å². The van der Waals surface area contributed by atoms with Crippen LogP contribution in [0.4, 0.5) is 0 Å². The van der Waals surface area contributed by atoms with Crippen LogP contribution in [0.15, 0.2) is 0 Å². The molecule has 0 saturated carbocycles. The van der Waals surface area contributed by atoms with Gasteiger partial charge >= 0.3 is 5.97 Å². The number of ether oxygens (including phenoxy) is 1. The fourth-order valence-corrected chi connectivity index (χ4v) is 1.28. The number of nitrogens with one attached hydrogen (secondary N) is 1. The van der Waals surface area contributed by atoms with E-state index in [0.717, 1.165) is 13.0 Å². The van der Waals surface area contributed by atoms with E-state index >= 15 is 0 Å². The highest BCUT2D eigenvalue weighted by molar-refractivity contribution is 5.73. The molecule has 2 N–H and O–H groups in total. The van der Waals surface area contributed by atoms with Crippen LogP contribution in [-0.2, 0) is 9.53 Å². The first-order valence-electron chi connectivity index (χ1n) is 3.73. The maximum Gasteiger partial charge on any atom is 0.320 e. The lowest BCUT2D eigenvalue weighted by Crippen LogP contribution is -2.45. The van der Waals surface area contributed by atoms with Gasteiger partial charge in [0.05, 0.1) is 6.10 Å². The monoisotopic (exact) mass is 159 g/mol. The Morgan fingerprint density at radius 2 is 2.45 bits per heavy atom. The minimum absolute atomic E-state index is 0.109. The molecule has 1 fully saturated rings. The number of carboxylic acids is 1. The van der Waals surface area contributed by atoms with Crippen LogP contribution >= 0.6 is 0 Å². The van der Waals surface area contributed by atoms with Crippen LogP contribution in [0.5, 0.6) is 0 Å². The molecule has 11 heavy (non-hydrogen) atoms. The molecule has 0 unspecified atom stereocenters. The van der Waals surface area contributed by atoms with Gasteiger partial charge in [0, 0.05) is 7.11 Å². The Morgan fingerprint density at radius 3 is 3.00 bits per heavy atom. The normalized spacial score (nSPS) is 31.7. The fraction of sp³-hybridized carbons (Fsp3) is 0.857. The summed E-state index contributed by atoms with van der Waals surface area (Å²) in [6.07, 6.45) is 1.59. The largest absolute Gasteiger partial charge is 0.480 e. The van der Waals surface area contributed by atoms with Gasteiger partial charge in [0.15, 0.2) is 0 Å². The zero-order valence-electron chi connectivity index (χ0n) is 6.54. The van der Waals surface area contributed by atoms with Gasteiger partial charge in [-0.3, -0.25) is 4.79 Å². The van der Waals surface area contributed by atoms with Crippen molar-refractivity contribution in [3.63, 3.8) is 0 Å². The fourth-order valence-electron chi connectivity index (χ4n) is 1.28. The highest BCUT2D eigenvalue weighted by atomic mass is 16.5. The van der Waals surface area contributed by atoms with Crippen molar-refractivity contribution in [1.82, 2.24) is 5.32 Å². The molecule has 1 rings (SSSR count). The van der Waals surface area contributed by atoms with Gasteiger partial charge in [-0.05, 0) is 19.4 Å². The van der Waals surface area contributed by atoms with Crippen molar-refractivity contribution < 1.29 is 14.6 Å². The third-order valence-corrected chi connectivity index (χ3v) is 1.99. The van der Waals surface area contributed by atoms with Crippen LogP contribution in [0.2, 0.25) is 0 Å². The van der Waals surface area contributed by atoms with Gasteiger partial charge in [-0.15, -0.1) is 0 Å². The van der Waals surface area contributed by atoms with E-state index < -0.39 is 12.0 Å². The molecule has 0 amide bonds. The number of methoxy groups -OCH3 is 1. The van der Waals surface area contributed by atoms with E-state index in [1.54, 1.807) is 7.11 Å². The zero-order chi connectivity index (χ0) is 8.27. The molecule has 0 aromatic carbocycles. The number of carboxylic acid groups (broad SMARTS) is 1. The average molecular weight is 159 g/mol. The van der Waals surface area contributed by atoms with Gasteiger partial charge in [0.1, 0.15) is 6.04 Å². The van der Waals surface area contributed by atoms with E-state index in [1.165, 1.54) is 0 Å². The van der Waals surface area contributed by atoms with Crippen molar-refractivity contribution in [1.29, 1.82) is 0 Å². The molecule has 1 aliphatic heterocycles. The third kappa shape index (κ3) is 2.17. The summed E-state index contributed by atoms with van der Waals surface area (Å²) in [6.45, 7) is 0.732. The summed E-state index contributed by atoms with van der Waals surface area (Å²) in [5.74, 6) is -0.785. The van der Waals surface area contributed by atoms with Crippen LogP contribution in [0.3, 0.4) is 0 Å². The van der Waals surface area contributed by atoms with Crippen molar-refractivity contribution >= 4 is 5.97 Å². The summed E-state index contributed by atoms with van der Waals surface area (Å²) >= 11 is 0. The maximum absolute atomic E-state index is 10.5. The summed E-state index contributed by atoms with van der Waals surface area (Å²) in [7, 11) is 1.62. The summed E-state index contributed by atoms with van der Waals surface area (Å²) < 4.78 is 5.07. The molecular weight excluding hydrogens is 146 g/mol. The second-order valence-electron chi connectivity index (χ2n) is 2.73. The molecule has 2 atom stereocenters. The number of piperidine rings is 1. The molecule has 64 valence electrons. The molecule has 1 saturated heterocycles. The molecule has 0 radical (unpaired) electrons. The van der Waals surface area contributed by atoms with Crippen LogP contribution in [0, 0.1) is 0 Å². The molecule has 4 nitrogen and oxygen atoms in total. The highest BCUT2D eigenvalue weighted by Gasteiger charge is 2.25. The minimum atomic E-state index is -0.785. The van der Waals surface area contributed by atoms with Crippen molar-refractivity contribution in [2.45, 2.75) is 25.0 Å². The molecular formula is C7H13NO3. The van der Waals surface area contributed by atoms with E-state index in [1.807, 2.05) is 0 Å². The van der Waals surface area contributed by atoms with E-state index in [0.29, 0.717) is 6.42 Å². The Balaban J connectivity index is 2.39. The Kier molecular flexibility index (Phi) is 2.84. The minimum Gasteiger partial charge on any atom is -0.480 e. The number of hydrogen-bond donors (Lipinski definition) is 2. The Morgan fingerprint density at radius 1 is 1.73 bits per heavy atom. The van der Waals surface area contributed by atoms with Crippen LogP contribution in [0.1, 0.15) is 12.8 Å². The molecule has 1 heterocycles. The number of hydrogen-bond acceptors (Lipinski definition) is 3. The first-order chi connectivity index (χ1) is 5.24. The zero-order valence-corrected chi connectivity index (χ0v) is 6.54. The van der Waals surface area contributed by atoms with E-state index in [4.69, 9.17) is 9.84 Å². The van der Waals surface area contributed by atoms with Crippen molar-refractivity contribution in [2.75, 3.05) is 13.7 Å². The second-order valence-corrected chi connectivity index (χ2v) is 2.73. The third-order valence-electron chi connectivity index (χ3n) is 1.99. The van der Waals surface area contributed by atoms with Gasteiger partial charge in [-0.2, -0.15) is 0 Å². The number of aliphatic carboxylic acids is 1. The SMILES string of the molecule is CO[C@H]1CCN[C@H](C(=O)O)C1. The summed E-state index contributed by atoms with van der Waals surface area (Å²) in [5.41, 5.74) is 0. The summed E-state index contributed by atoms with van der Waals surface area (Å²) in [5, 5.41) is 11.5. The molecule has 0 aromatic heterocycles. The van der Waals surface area contributed by atoms with Gasteiger partial charge in [0.2, 0.25) is 0 Å². The van der Waals surface area contributed by atoms with E-state index in [2.05, 4.69) is 5.32 Å². The predicted molar refractivity (Wildman–Crippen MR) is 39.5 cm³/mol. The predicted octanol–water partition coefficient (Wildman–Crippen LogP) is -0.162. The van der Waals surface area contributed by atoms with Crippen LogP contribution < -0.4 is 5.32 Å². The molecule has 0 bridgehead atoms. The maximum atomic E-state index is 10.5. The highest BCUT2D eigenvalue weighted by Crippen LogP contribution is 2.11. The summed E-state index contributed by atoms with van der Waals surface area (Å²) in [6, 6.07) is -0.423. The first-order valence-corrected chi connectivity index (χ1v) is 3.73. The Bertz CT molecular complexity index is 149. The molecule has 0 aliphatic carbocycles. The number of carbonyl (C=O) groups is 1. The van der Waals surface area contributed by atoms with Crippen molar-refractivity contribution in [3.05, 3.63) is 0 Å². The molecule has 0 spiro atoms. The Labute approximate surface area is 65.5 Å². The van der Waals surface area contributed by atoms with Crippen molar-refractivity contribution in [2.24, 2.45) is 0 Å². The lowest BCUT2D eigenvalue weighted by atomic mass is 10.0. The van der Waals surface area contributed by atoms with Gasteiger partial charge in [0.25, 0.3) is 0 Å². The Hall–Kier alpha value is -0.610. The van der Waals surface area contributed by atoms with E-state index in [9.17, 15) is 4.79 Å². The molecule has 0 aromatic rings. The van der Waals surface area contributed by atoms with Crippen LogP contribution in [0.25, 0.3) is 0 Å². The lowest BCUT2D eigenvalue weighted by molar-refractivity contribution is -0.141. The average Bonchev–Trinajstić information content (AvgIpc) is 2.05. The van der Waals surface area contributed by atoms with E-state index in [-0.39, 0.29) is 6.10 Å². The number of rotatable bonds is 2. The smallest absolute Gasteiger partial charge is 0.320 e. The lowest BCUT2D eigenvalue weighted by Gasteiger charge is -2.26. The van der Waals surface area contributed by atoms with Gasteiger partial charge in [-0.1, -0.05) is 0 Å². The summed E-state index contributed by atoms with van der Waals surface area (Å²) in [4.78, 5) is 10.5. The first kappa shape index (κ1) is 8.49. The van der Waals surface area contributed by atoms with Gasteiger partial charge < -0.3 is 15.2 Å². The molecule has 4 heteroatoms. The van der Waals surface area contributed by atoms with Crippen molar-refractivity contribution in [3.8, 4) is 0 Å². The van der Waals surface area contributed by atoms with Crippen LogP contribution in [-0.4, -0.2) is 36.9 Å².